The Balaban J connectivity index is 1.43. The van der Waals surface area contributed by atoms with Crippen LogP contribution in [0.3, 0.4) is 0 Å². The van der Waals surface area contributed by atoms with Crippen LogP contribution in [0.2, 0.25) is 0 Å². The molecule has 0 spiro atoms. The number of pyridine rings is 1. The van der Waals surface area contributed by atoms with Gasteiger partial charge < -0.3 is 10.2 Å². The van der Waals surface area contributed by atoms with Crippen LogP contribution in [0.15, 0.2) is 48.7 Å². The first kappa shape index (κ1) is 19.1. The van der Waals surface area contributed by atoms with Gasteiger partial charge in [0.25, 0.3) is 0 Å². The molecule has 0 saturated carbocycles. The maximum absolute atomic E-state index is 14.1. The highest BCUT2D eigenvalue weighted by Crippen LogP contribution is 2.25. The number of aromatic nitrogens is 1. The molecule has 2 aromatic rings. The van der Waals surface area contributed by atoms with E-state index in [1.54, 1.807) is 35.4 Å². The molecular formula is C23H22FN3O2. The van der Waals surface area contributed by atoms with E-state index < -0.39 is 0 Å². The number of anilines is 1. The van der Waals surface area contributed by atoms with E-state index in [1.165, 1.54) is 6.07 Å². The summed E-state index contributed by atoms with van der Waals surface area (Å²) in [5.74, 6) is 0.270. The molecule has 148 valence electrons. The van der Waals surface area contributed by atoms with Crippen LogP contribution in [0.25, 0.3) is 11.6 Å². The quantitative estimate of drug-likeness (QED) is 0.809. The van der Waals surface area contributed by atoms with E-state index in [4.69, 9.17) is 0 Å². The normalized spacial score (nSPS) is 16.8. The number of benzene rings is 1. The summed E-state index contributed by atoms with van der Waals surface area (Å²) in [4.78, 5) is 30.1. The number of rotatable bonds is 3. The number of hydrogen-bond acceptors (Lipinski definition) is 3. The number of aryl methyl sites for hydroxylation is 1. The van der Waals surface area contributed by atoms with Crippen LogP contribution in [-0.2, 0) is 16.0 Å². The molecule has 5 nitrogen and oxygen atoms in total. The lowest BCUT2D eigenvalue weighted by Crippen LogP contribution is -2.29. The highest BCUT2D eigenvalue weighted by molar-refractivity contribution is 5.94. The zero-order chi connectivity index (χ0) is 20.2. The van der Waals surface area contributed by atoms with E-state index >= 15 is 0 Å². The smallest absolute Gasteiger partial charge is 0.246 e. The summed E-state index contributed by atoms with van der Waals surface area (Å²) in [6.45, 7) is 1.09. The van der Waals surface area contributed by atoms with Gasteiger partial charge in [0.2, 0.25) is 11.8 Å². The molecule has 0 saturated heterocycles. The number of fused-ring (bicyclic) bond motifs is 1. The zero-order valence-electron chi connectivity index (χ0n) is 16.0. The van der Waals surface area contributed by atoms with Crippen molar-refractivity contribution in [3.63, 3.8) is 0 Å². The number of carbonyl (C=O) groups excluding carboxylic acids is 2. The minimum absolute atomic E-state index is 0.0209. The summed E-state index contributed by atoms with van der Waals surface area (Å²) in [5, 5.41) is 2.75. The topological polar surface area (TPSA) is 62.3 Å². The molecule has 0 unspecified atom stereocenters. The van der Waals surface area contributed by atoms with Gasteiger partial charge in [-0.3, -0.25) is 9.59 Å². The van der Waals surface area contributed by atoms with Crippen LogP contribution in [0.1, 0.15) is 36.0 Å². The van der Waals surface area contributed by atoms with Gasteiger partial charge in [-0.25, -0.2) is 9.37 Å². The molecule has 1 aromatic heterocycles. The van der Waals surface area contributed by atoms with Crippen LogP contribution in [0.5, 0.6) is 0 Å². The van der Waals surface area contributed by atoms with E-state index in [1.807, 2.05) is 18.2 Å². The van der Waals surface area contributed by atoms with Crippen molar-refractivity contribution < 1.29 is 14.0 Å². The second kappa shape index (κ2) is 8.39. The van der Waals surface area contributed by atoms with Crippen molar-refractivity contribution in [3.8, 4) is 0 Å². The molecule has 4 rings (SSSR count). The molecule has 2 amide bonds. The highest BCUT2D eigenvalue weighted by Gasteiger charge is 2.17. The molecule has 29 heavy (non-hydrogen) atoms. The largest absolute Gasteiger partial charge is 0.335 e. The van der Waals surface area contributed by atoms with Gasteiger partial charge in [-0.15, -0.1) is 0 Å². The van der Waals surface area contributed by atoms with Gasteiger partial charge in [-0.1, -0.05) is 24.3 Å². The van der Waals surface area contributed by atoms with Crippen LogP contribution in [-0.4, -0.2) is 34.8 Å². The number of carbonyl (C=O) groups is 2. The lowest BCUT2D eigenvalue weighted by molar-refractivity contribution is -0.125. The summed E-state index contributed by atoms with van der Waals surface area (Å²) >= 11 is 0. The number of amides is 2. The number of halogens is 1. The molecule has 0 aliphatic carbocycles. The third kappa shape index (κ3) is 4.42. The van der Waals surface area contributed by atoms with Gasteiger partial charge in [-0.05, 0) is 54.2 Å². The summed E-state index contributed by atoms with van der Waals surface area (Å²) < 4.78 is 14.1. The molecule has 6 heteroatoms. The van der Waals surface area contributed by atoms with Crippen molar-refractivity contribution in [1.82, 2.24) is 9.88 Å². The van der Waals surface area contributed by atoms with Gasteiger partial charge in [-0.2, -0.15) is 0 Å². The van der Waals surface area contributed by atoms with Crippen LogP contribution >= 0.6 is 0 Å². The van der Waals surface area contributed by atoms with Crippen molar-refractivity contribution in [2.75, 3.05) is 18.4 Å². The fraction of sp³-hybridized carbons (Fsp3) is 0.261. The fourth-order valence-corrected chi connectivity index (χ4v) is 3.68. The van der Waals surface area contributed by atoms with E-state index in [0.29, 0.717) is 37.3 Å². The standard InChI is InChI=1S/C23H22FN3O2/c24-20-6-2-1-5-19(20)17-4-3-12-27(13-11-17)22(29)10-7-16-14-18-8-9-21(28)26-23(18)25-15-16/h1-2,5-7,10-11,14-15H,3-4,8-9,12-13H2,(H,25,26,28). The summed E-state index contributed by atoms with van der Waals surface area (Å²) in [7, 11) is 0. The Bertz CT molecular complexity index is 1010. The van der Waals surface area contributed by atoms with Crippen molar-refractivity contribution in [2.45, 2.75) is 25.7 Å². The molecule has 0 atom stereocenters. The van der Waals surface area contributed by atoms with Crippen LogP contribution in [0, 0.1) is 5.82 Å². The predicted octanol–water partition coefficient (Wildman–Crippen LogP) is 3.82. The Kier molecular flexibility index (Phi) is 5.51. The molecule has 2 aliphatic heterocycles. The van der Waals surface area contributed by atoms with Crippen molar-refractivity contribution >= 4 is 29.3 Å². The minimum atomic E-state index is -0.227. The molecule has 0 bridgehead atoms. The first-order valence-corrected chi connectivity index (χ1v) is 9.80. The Hall–Kier alpha value is -3.28. The molecule has 3 heterocycles. The van der Waals surface area contributed by atoms with Gasteiger partial charge >= 0.3 is 0 Å². The Morgan fingerprint density at radius 1 is 1.21 bits per heavy atom. The second-order valence-corrected chi connectivity index (χ2v) is 7.25. The number of allylic oxidation sites excluding steroid dienone is 1. The van der Waals surface area contributed by atoms with Crippen molar-refractivity contribution in [3.05, 3.63) is 71.2 Å². The van der Waals surface area contributed by atoms with E-state index in [2.05, 4.69) is 10.3 Å². The first-order chi connectivity index (χ1) is 14.1. The first-order valence-electron chi connectivity index (χ1n) is 9.80. The zero-order valence-corrected chi connectivity index (χ0v) is 16.0. The summed E-state index contributed by atoms with van der Waals surface area (Å²) in [6.07, 6.45) is 9.53. The molecule has 0 fully saturated rings. The summed E-state index contributed by atoms with van der Waals surface area (Å²) in [5.41, 5.74) is 3.37. The average Bonchev–Trinajstić information content (AvgIpc) is 2.98. The van der Waals surface area contributed by atoms with Crippen LogP contribution < -0.4 is 5.32 Å². The van der Waals surface area contributed by atoms with Crippen LogP contribution in [0.4, 0.5) is 10.2 Å². The number of nitrogens with one attached hydrogen (secondary N) is 1. The summed E-state index contributed by atoms with van der Waals surface area (Å²) in [6, 6.07) is 8.70. The maximum Gasteiger partial charge on any atom is 0.246 e. The Labute approximate surface area is 168 Å². The van der Waals surface area contributed by atoms with E-state index in [0.717, 1.165) is 29.5 Å². The van der Waals surface area contributed by atoms with Gasteiger partial charge in [0.05, 0.1) is 0 Å². The predicted molar refractivity (Wildman–Crippen MR) is 110 cm³/mol. The Morgan fingerprint density at radius 2 is 2.07 bits per heavy atom. The molecule has 2 aliphatic rings. The highest BCUT2D eigenvalue weighted by atomic mass is 19.1. The van der Waals surface area contributed by atoms with Gasteiger partial charge in [0.1, 0.15) is 11.6 Å². The average molecular weight is 391 g/mol. The van der Waals surface area contributed by atoms with Crippen molar-refractivity contribution in [2.24, 2.45) is 0 Å². The SMILES string of the molecule is O=C1CCc2cc(C=CC(=O)N3CC=C(c4ccccc4F)CCC3)cnc2N1. The van der Waals surface area contributed by atoms with E-state index in [-0.39, 0.29) is 17.6 Å². The van der Waals surface area contributed by atoms with Gasteiger partial charge in [0, 0.05) is 37.3 Å². The maximum atomic E-state index is 14.1. The Morgan fingerprint density at radius 3 is 2.93 bits per heavy atom. The number of nitrogens with zero attached hydrogens (tertiary/aromatic N) is 2. The molecule has 1 aromatic carbocycles. The number of hydrogen-bond donors (Lipinski definition) is 1. The third-order valence-corrected chi connectivity index (χ3v) is 5.25. The molecular weight excluding hydrogens is 369 g/mol. The molecule has 0 radical (unpaired) electrons. The minimum Gasteiger partial charge on any atom is -0.335 e. The van der Waals surface area contributed by atoms with Gasteiger partial charge in [0.15, 0.2) is 0 Å². The fourth-order valence-electron chi connectivity index (χ4n) is 3.68. The van der Waals surface area contributed by atoms with Crippen molar-refractivity contribution in [1.29, 1.82) is 0 Å². The third-order valence-electron chi connectivity index (χ3n) is 5.25. The molecule has 1 N–H and O–H groups in total. The second-order valence-electron chi connectivity index (χ2n) is 7.25. The lowest BCUT2D eigenvalue weighted by Gasteiger charge is -2.17. The van der Waals surface area contributed by atoms with E-state index in [9.17, 15) is 14.0 Å². The monoisotopic (exact) mass is 391 g/mol. The lowest BCUT2D eigenvalue weighted by atomic mass is 10.0.